The number of nitrogen functional groups attached to an aromatic ring is 1. The molecule has 3 heteroatoms. The molecule has 0 aliphatic rings. The van der Waals surface area contributed by atoms with Gasteiger partial charge in [0, 0.05) is 24.5 Å². The molecule has 0 aliphatic carbocycles. The van der Waals surface area contributed by atoms with Crippen LogP contribution in [-0.4, -0.2) is 25.1 Å². The topological polar surface area (TPSA) is 29.3 Å². The van der Waals surface area contributed by atoms with Gasteiger partial charge in [0.15, 0.2) is 0 Å². The highest BCUT2D eigenvalue weighted by Gasteiger charge is 2.12. The van der Waals surface area contributed by atoms with Crippen molar-refractivity contribution in [1.82, 2.24) is 0 Å². The van der Waals surface area contributed by atoms with Crippen LogP contribution in [0, 0.1) is 6.92 Å². The second-order valence-electron chi connectivity index (χ2n) is 4.23. The van der Waals surface area contributed by atoms with Crippen molar-refractivity contribution >= 4 is 23.1 Å². The Morgan fingerprint density at radius 2 is 2.12 bits per heavy atom. The summed E-state index contributed by atoms with van der Waals surface area (Å²) in [4.78, 5) is 2.32. The van der Waals surface area contributed by atoms with Crippen LogP contribution < -0.4 is 10.6 Å². The van der Waals surface area contributed by atoms with E-state index in [1.165, 1.54) is 23.4 Å². The fraction of sp³-hybridized carbons (Fsp3) is 0.538. The van der Waals surface area contributed by atoms with Crippen molar-refractivity contribution in [3.63, 3.8) is 0 Å². The highest BCUT2D eigenvalue weighted by molar-refractivity contribution is 7.98. The summed E-state index contributed by atoms with van der Waals surface area (Å²) in [6.45, 7) is 4.35. The number of thioether (sulfide) groups is 1. The van der Waals surface area contributed by atoms with Gasteiger partial charge < -0.3 is 10.6 Å². The number of benzene rings is 1. The van der Waals surface area contributed by atoms with E-state index >= 15 is 0 Å². The smallest absolute Gasteiger partial charge is 0.0416 e. The molecule has 1 unspecified atom stereocenters. The minimum Gasteiger partial charge on any atom is -0.398 e. The van der Waals surface area contributed by atoms with E-state index in [9.17, 15) is 0 Å². The van der Waals surface area contributed by atoms with Gasteiger partial charge in [-0.15, -0.1) is 0 Å². The Kier molecular flexibility index (Phi) is 5.00. The molecule has 1 aromatic rings. The summed E-state index contributed by atoms with van der Waals surface area (Å²) < 4.78 is 0. The Bertz CT molecular complexity index is 339. The van der Waals surface area contributed by atoms with Crippen molar-refractivity contribution in [1.29, 1.82) is 0 Å². The minimum absolute atomic E-state index is 0.549. The van der Waals surface area contributed by atoms with Crippen molar-refractivity contribution in [3.8, 4) is 0 Å². The lowest BCUT2D eigenvalue weighted by atomic mass is 10.1. The fourth-order valence-electron chi connectivity index (χ4n) is 1.74. The minimum atomic E-state index is 0.549. The van der Waals surface area contributed by atoms with E-state index in [4.69, 9.17) is 5.73 Å². The van der Waals surface area contributed by atoms with E-state index in [0.717, 1.165) is 5.69 Å². The molecule has 0 spiro atoms. The molecule has 16 heavy (non-hydrogen) atoms. The summed E-state index contributed by atoms with van der Waals surface area (Å²) in [7, 11) is 2.15. The predicted molar refractivity (Wildman–Crippen MR) is 76.5 cm³/mol. The number of nitrogens with two attached hydrogens (primary N) is 1. The summed E-state index contributed by atoms with van der Waals surface area (Å²) in [5, 5.41) is 0. The van der Waals surface area contributed by atoms with Crippen molar-refractivity contribution in [2.45, 2.75) is 26.3 Å². The first kappa shape index (κ1) is 13.2. The summed E-state index contributed by atoms with van der Waals surface area (Å²) in [6, 6.07) is 6.67. The summed E-state index contributed by atoms with van der Waals surface area (Å²) >= 11 is 1.90. The van der Waals surface area contributed by atoms with Crippen LogP contribution in [0.3, 0.4) is 0 Å². The molecule has 0 amide bonds. The standard InChI is InChI=1S/C13H22N2S/c1-10(8-9-16-4)15(3)13-7-5-6-12(14)11(13)2/h5-7,10H,8-9,14H2,1-4H3. The lowest BCUT2D eigenvalue weighted by Gasteiger charge is -2.28. The first-order valence-corrected chi connectivity index (χ1v) is 7.04. The van der Waals surface area contributed by atoms with Gasteiger partial charge in [0.2, 0.25) is 0 Å². The molecule has 1 atom stereocenters. The van der Waals surface area contributed by atoms with Gasteiger partial charge in [0.25, 0.3) is 0 Å². The van der Waals surface area contributed by atoms with Gasteiger partial charge >= 0.3 is 0 Å². The number of hydrogen-bond acceptors (Lipinski definition) is 3. The molecule has 0 aromatic heterocycles. The molecule has 0 saturated heterocycles. The lowest BCUT2D eigenvalue weighted by molar-refractivity contribution is 0.668. The van der Waals surface area contributed by atoms with Crippen LogP contribution in [0.2, 0.25) is 0 Å². The molecule has 2 nitrogen and oxygen atoms in total. The number of anilines is 2. The monoisotopic (exact) mass is 238 g/mol. The predicted octanol–water partition coefficient (Wildman–Crippen LogP) is 3.16. The van der Waals surface area contributed by atoms with Gasteiger partial charge in [-0.2, -0.15) is 11.8 Å². The molecule has 0 saturated carbocycles. The fourth-order valence-corrected chi connectivity index (χ4v) is 2.32. The Morgan fingerprint density at radius 3 is 2.75 bits per heavy atom. The second kappa shape index (κ2) is 6.04. The quantitative estimate of drug-likeness (QED) is 0.799. The third-order valence-electron chi connectivity index (χ3n) is 3.13. The van der Waals surface area contributed by atoms with Gasteiger partial charge in [-0.05, 0) is 50.0 Å². The van der Waals surface area contributed by atoms with Crippen molar-refractivity contribution in [2.24, 2.45) is 0 Å². The van der Waals surface area contributed by atoms with E-state index in [2.05, 4.69) is 38.1 Å². The molecule has 1 aromatic carbocycles. The van der Waals surface area contributed by atoms with Gasteiger partial charge in [-0.3, -0.25) is 0 Å². The Labute approximate surface area is 103 Å². The zero-order valence-electron chi connectivity index (χ0n) is 10.7. The summed E-state index contributed by atoms with van der Waals surface area (Å²) in [6.07, 6.45) is 3.35. The maximum atomic E-state index is 5.93. The van der Waals surface area contributed by atoms with Crippen LogP contribution >= 0.6 is 11.8 Å². The second-order valence-corrected chi connectivity index (χ2v) is 5.22. The molecule has 0 bridgehead atoms. The molecular formula is C13H22N2S. The molecule has 0 fully saturated rings. The van der Waals surface area contributed by atoms with Crippen LogP contribution in [0.15, 0.2) is 18.2 Å². The molecule has 0 heterocycles. The van der Waals surface area contributed by atoms with Crippen molar-refractivity contribution in [2.75, 3.05) is 29.7 Å². The number of hydrogen-bond donors (Lipinski definition) is 1. The Balaban J connectivity index is 2.79. The molecule has 90 valence electrons. The van der Waals surface area contributed by atoms with Gasteiger partial charge in [0.05, 0.1) is 0 Å². The highest BCUT2D eigenvalue weighted by atomic mass is 32.2. The summed E-state index contributed by atoms with van der Waals surface area (Å²) in [5.74, 6) is 1.20. The highest BCUT2D eigenvalue weighted by Crippen LogP contribution is 2.25. The normalized spacial score (nSPS) is 12.5. The van der Waals surface area contributed by atoms with Gasteiger partial charge in [0.1, 0.15) is 0 Å². The average Bonchev–Trinajstić information content (AvgIpc) is 2.28. The molecule has 0 aliphatic heterocycles. The van der Waals surface area contributed by atoms with Crippen LogP contribution in [0.5, 0.6) is 0 Å². The molecule has 0 radical (unpaired) electrons. The zero-order valence-corrected chi connectivity index (χ0v) is 11.5. The third kappa shape index (κ3) is 3.08. The van der Waals surface area contributed by atoms with E-state index < -0.39 is 0 Å². The van der Waals surface area contributed by atoms with Crippen LogP contribution in [-0.2, 0) is 0 Å². The lowest BCUT2D eigenvalue weighted by Crippen LogP contribution is -2.30. The maximum absolute atomic E-state index is 5.93. The third-order valence-corrected chi connectivity index (χ3v) is 3.77. The van der Waals surface area contributed by atoms with E-state index in [0.29, 0.717) is 6.04 Å². The van der Waals surface area contributed by atoms with E-state index in [1.807, 2.05) is 23.9 Å². The van der Waals surface area contributed by atoms with Crippen LogP contribution in [0.4, 0.5) is 11.4 Å². The molecule has 1 rings (SSSR count). The largest absolute Gasteiger partial charge is 0.398 e. The van der Waals surface area contributed by atoms with E-state index in [1.54, 1.807) is 0 Å². The van der Waals surface area contributed by atoms with Gasteiger partial charge in [-0.1, -0.05) is 6.07 Å². The molecular weight excluding hydrogens is 216 g/mol. The summed E-state index contributed by atoms with van der Waals surface area (Å²) in [5.41, 5.74) is 9.23. The molecule has 2 N–H and O–H groups in total. The van der Waals surface area contributed by atoms with Crippen molar-refractivity contribution < 1.29 is 0 Å². The maximum Gasteiger partial charge on any atom is 0.0416 e. The van der Waals surface area contributed by atoms with Crippen LogP contribution in [0.1, 0.15) is 18.9 Å². The number of rotatable bonds is 5. The first-order valence-electron chi connectivity index (χ1n) is 5.64. The Hall–Kier alpha value is -0.830. The zero-order chi connectivity index (χ0) is 12.1. The number of nitrogens with zero attached hydrogens (tertiary/aromatic N) is 1. The SMILES string of the molecule is CSCCC(C)N(C)c1cccc(N)c1C. The average molecular weight is 238 g/mol. The van der Waals surface area contributed by atoms with E-state index in [-0.39, 0.29) is 0 Å². The van der Waals surface area contributed by atoms with Gasteiger partial charge in [-0.25, -0.2) is 0 Å². The Morgan fingerprint density at radius 1 is 1.44 bits per heavy atom. The van der Waals surface area contributed by atoms with Crippen molar-refractivity contribution in [3.05, 3.63) is 23.8 Å². The van der Waals surface area contributed by atoms with Crippen LogP contribution in [0.25, 0.3) is 0 Å². The first-order chi connectivity index (χ1) is 7.57.